The van der Waals surface area contributed by atoms with E-state index in [9.17, 15) is 25.3 Å². The fourth-order valence-electron chi connectivity index (χ4n) is 1.28. The molecule has 0 aliphatic rings. The second kappa shape index (κ2) is 3.12. The van der Waals surface area contributed by atoms with E-state index in [2.05, 4.69) is 15.4 Å². The Bertz CT molecular complexity index is 605. The molecule has 0 amide bonds. The first-order valence-corrected chi connectivity index (χ1v) is 3.87. The van der Waals surface area contributed by atoms with Crippen molar-refractivity contribution in [3.8, 4) is 5.75 Å². The minimum atomic E-state index is -0.966. The first kappa shape index (κ1) is 9.76. The van der Waals surface area contributed by atoms with Crippen LogP contribution in [-0.4, -0.2) is 30.4 Å². The molecule has 1 aromatic carbocycles. The highest BCUT2D eigenvalue weighted by atomic mass is 16.6. The monoisotopic (exact) mass is 225 g/mol. The highest BCUT2D eigenvalue weighted by Crippen LogP contribution is 2.37. The summed E-state index contributed by atoms with van der Waals surface area (Å²) >= 11 is 0. The molecule has 0 atom stereocenters. The molecule has 2 aromatic rings. The molecule has 0 spiro atoms. The fourth-order valence-corrected chi connectivity index (χ4v) is 1.28. The van der Waals surface area contributed by atoms with Gasteiger partial charge in [0.25, 0.3) is 0 Å². The van der Waals surface area contributed by atoms with Crippen LogP contribution in [0.1, 0.15) is 0 Å². The molecule has 10 heteroatoms. The van der Waals surface area contributed by atoms with Crippen LogP contribution in [0.2, 0.25) is 0 Å². The Morgan fingerprint density at radius 3 is 2.38 bits per heavy atom. The van der Waals surface area contributed by atoms with E-state index in [1.807, 2.05) is 0 Å². The molecule has 0 saturated carbocycles. The summed E-state index contributed by atoms with van der Waals surface area (Å²) in [5.74, 6) is -0.541. The number of nitrogens with one attached hydrogen (secondary N) is 1. The van der Waals surface area contributed by atoms with Crippen molar-refractivity contribution >= 4 is 22.4 Å². The number of aromatic hydroxyl groups is 1. The fraction of sp³-hybridized carbons (Fsp3) is 0. The number of nitro groups is 2. The summed E-state index contributed by atoms with van der Waals surface area (Å²) in [6.07, 6.45) is 0. The third kappa shape index (κ3) is 1.20. The van der Waals surface area contributed by atoms with Gasteiger partial charge in [-0.05, 0) is 0 Å². The van der Waals surface area contributed by atoms with Gasteiger partial charge in [-0.15, -0.1) is 5.10 Å². The highest BCUT2D eigenvalue weighted by molar-refractivity contribution is 5.93. The maximum atomic E-state index is 10.7. The molecule has 0 bridgehead atoms. The second-order valence-corrected chi connectivity index (χ2v) is 2.80. The number of benzene rings is 1. The van der Waals surface area contributed by atoms with Crippen molar-refractivity contribution in [3.63, 3.8) is 0 Å². The molecule has 0 aliphatic carbocycles. The number of phenolic OH excluding ortho intramolecular Hbond substituents is 1. The lowest BCUT2D eigenvalue weighted by atomic mass is 10.2. The number of nitro benzene ring substituents is 2. The number of aromatic nitrogens is 3. The highest BCUT2D eigenvalue weighted by Gasteiger charge is 2.32. The van der Waals surface area contributed by atoms with Gasteiger partial charge >= 0.3 is 11.4 Å². The third-order valence-electron chi connectivity index (χ3n) is 1.91. The van der Waals surface area contributed by atoms with Gasteiger partial charge in [0.2, 0.25) is 5.52 Å². The topological polar surface area (TPSA) is 148 Å². The van der Waals surface area contributed by atoms with Crippen LogP contribution in [0.4, 0.5) is 11.4 Å². The van der Waals surface area contributed by atoms with Gasteiger partial charge in [-0.3, -0.25) is 20.2 Å². The molecule has 0 radical (unpaired) electrons. The Kier molecular flexibility index (Phi) is 1.90. The zero-order chi connectivity index (χ0) is 11.9. The smallest absolute Gasteiger partial charge is 0.375 e. The average Bonchev–Trinajstić information content (AvgIpc) is 2.65. The molecule has 16 heavy (non-hydrogen) atoms. The van der Waals surface area contributed by atoms with Crippen LogP contribution in [0.25, 0.3) is 11.0 Å². The normalized spacial score (nSPS) is 10.5. The molecule has 0 aliphatic heterocycles. The molecular weight excluding hydrogens is 222 g/mol. The lowest BCUT2D eigenvalue weighted by molar-refractivity contribution is -0.421. The van der Waals surface area contributed by atoms with Crippen molar-refractivity contribution in [2.24, 2.45) is 0 Å². The summed E-state index contributed by atoms with van der Waals surface area (Å²) in [5.41, 5.74) is -2.16. The number of hydrogen-bond acceptors (Lipinski definition) is 7. The van der Waals surface area contributed by atoms with E-state index in [0.29, 0.717) is 6.07 Å². The van der Waals surface area contributed by atoms with Crippen molar-refractivity contribution in [2.75, 3.05) is 0 Å². The summed E-state index contributed by atoms with van der Waals surface area (Å²) in [5, 5.41) is 39.5. The van der Waals surface area contributed by atoms with Crippen molar-refractivity contribution in [1.82, 2.24) is 15.4 Å². The van der Waals surface area contributed by atoms with Crippen LogP contribution in [0.5, 0.6) is 5.75 Å². The summed E-state index contributed by atoms with van der Waals surface area (Å²) < 4.78 is 0. The summed E-state index contributed by atoms with van der Waals surface area (Å²) in [7, 11) is 0. The van der Waals surface area contributed by atoms with Gasteiger partial charge in [-0.1, -0.05) is 0 Å². The van der Waals surface area contributed by atoms with E-state index in [-0.39, 0.29) is 11.0 Å². The quantitative estimate of drug-likeness (QED) is 0.557. The largest absolute Gasteiger partial charge is 0.505 e. The van der Waals surface area contributed by atoms with Crippen LogP contribution in [0, 0.1) is 20.2 Å². The lowest BCUT2D eigenvalue weighted by Gasteiger charge is -1.96. The lowest BCUT2D eigenvalue weighted by Crippen LogP contribution is -1.97. The van der Waals surface area contributed by atoms with Crippen molar-refractivity contribution in [1.29, 1.82) is 0 Å². The minimum Gasteiger partial charge on any atom is -0.505 e. The first-order valence-electron chi connectivity index (χ1n) is 3.87. The number of fused-ring (bicyclic) bond motifs is 1. The first-order chi connectivity index (χ1) is 7.52. The number of nitrogens with zero attached hydrogens (tertiary/aromatic N) is 4. The van der Waals surface area contributed by atoms with Crippen molar-refractivity contribution in [2.45, 2.75) is 0 Å². The molecule has 0 fully saturated rings. The Hall–Kier alpha value is -2.78. The molecule has 0 unspecified atom stereocenters. The van der Waals surface area contributed by atoms with E-state index in [4.69, 9.17) is 0 Å². The molecule has 82 valence electrons. The van der Waals surface area contributed by atoms with E-state index in [1.165, 1.54) is 0 Å². The van der Waals surface area contributed by atoms with Gasteiger partial charge < -0.3 is 5.11 Å². The molecule has 10 nitrogen and oxygen atoms in total. The Morgan fingerprint density at radius 2 is 1.81 bits per heavy atom. The van der Waals surface area contributed by atoms with Gasteiger partial charge in [-0.25, -0.2) is 0 Å². The third-order valence-corrected chi connectivity index (χ3v) is 1.91. The standard InChI is InChI=1S/C6H3N5O5/c12-3-1-2(10(13)14)6(11(15)16)5-4(3)7-9-8-5/h1,12H,(H,7,8,9). The second-order valence-electron chi connectivity index (χ2n) is 2.80. The number of hydrogen-bond donors (Lipinski definition) is 2. The molecule has 2 rings (SSSR count). The molecule has 0 saturated heterocycles. The number of H-pyrrole nitrogens is 1. The van der Waals surface area contributed by atoms with Crippen molar-refractivity contribution < 1.29 is 15.0 Å². The summed E-state index contributed by atoms with van der Waals surface area (Å²) in [6.45, 7) is 0. The molecule has 2 N–H and O–H groups in total. The summed E-state index contributed by atoms with van der Waals surface area (Å²) in [4.78, 5) is 19.4. The molecular formula is C6H3N5O5. The van der Waals surface area contributed by atoms with Crippen LogP contribution < -0.4 is 0 Å². The van der Waals surface area contributed by atoms with Gasteiger partial charge in [-0.2, -0.15) is 10.3 Å². The summed E-state index contributed by atoms with van der Waals surface area (Å²) in [6, 6.07) is 0.670. The maximum Gasteiger partial charge on any atom is 0.375 e. The number of aromatic amines is 1. The minimum absolute atomic E-state index is 0.183. The number of rotatable bonds is 2. The van der Waals surface area contributed by atoms with Gasteiger partial charge in [0.1, 0.15) is 0 Å². The zero-order valence-corrected chi connectivity index (χ0v) is 7.45. The van der Waals surface area contributed by atoms with Crippen LogP contribution in [-0.2, 0) is 0 Å². The average molecular weight is 225 g/mol. The number of phenols is 1. The van der Waals surface area contributed by atoms with E-state index in [1.54, 1.807) is 0 Å². The Balaban J connectivity index is 2.94. The SMILES string of the molecule is O=[N+]([O-])c1cc(O)c2n[nH]nc2c1[N+](=O)[O-]. The van der Waals surface area contributed by atoms with Crippen LogP contribution >= 0.6 is 0 Å². The van der Waals surface area contributed by atoms with Gasteiger partial charge in [0, 0.05) is 0 Å². The molecule has 1 aromatic heterocycles. The predicted molar refractivity (Wildman–Crippen MR) is 48.9 cm³/mol. The predicted octanol–water partition coefficient (Wildman–Crippen LogP) is 0.480. The maximum absolute atomic E-state index is 10.7. The zero-order valence-electron chi connectivity index (χ0n) is 7.45. The van der Waals surface area contributed by atoms with Crippen LogP contribution in [0.15, 0.2) is 6.07 Å². The van der Waals surface area contributed by atoms with Crippen molar-refractivity contribution in [3.05, 3.63) is 26.3 Å². The van der Waals surface area contributed by atoms with E-state index < -0.39 is 27.0 Å². The Labute approximate surface area is 85.8 Å². The van der Waals surface area contributed by atoms with Gasteiger partial charge in [0.15, 0.2) is 11.3 Å². The van der Waals surface area contributed by atoms with Gasteiger partial charge in [0.05, 0.1) is 15.9 Å². The Morgan fingerprint density at radius 1 is 1.19 bits per heavy atom. The van der Waals surface area contributed by atoms with Crippen LogP contribution in [0.3, 0.4) is 0 Å². The van der Waals surface area contributed by atoms with E-state index in [0.717, 1.165) is 0 Å². The van der Waals surface area contributed by atoms with E-state index >= 15 is 0 Å². The molecule has 1 heterocycles.